The third-order valence-electron chi connectivity index (χ3n) is 4.05. The second-order valence-corrected chi connectivity index (χ2v) is 6.59. The molecule has 0 saturated carbocycles. The molecule has 1 heterocycles. The quantitative estimate of drug-likeness (QED) is 0.718. The van der Waals surface area contributed by atoms with Crippen molar-refractivity contribution in [1.82, 2.24) is 9.88 Å². The highest BCUT2D eigenvalue weighted by Gasteiger charge is 2.13. The van der Waals surface area contributed by atoms with Gasteiger partial charge in [-0.05, 0) is 62.4 Å². The lowest BCUT2D eigenvalue weighted by molar-refractivity contribution is 0.0940. The van der Waals surface area contributed by atoms with Crippen molar-refractivity contribution in [1.29, 1.82) is 0 Å². The van der Waals surface area contributed by atoms with Crippen LogP contribution in [0.25, 0.3) is 5.69 Å². The van der Waals surface area contributed by atoms with Gasteiger partial charge in [-0.3, -0.25) is 19.0 Å². The first-order chi connectivity index (χ1) is 13.5. The normalized spacial score (nSPS) is 10.5. The van der Waals surface area contributed by atoms with Crippen LogP contribution in [0.2, 0.25) is 0 Å². The van der Waals surface area contributed by atoms with Crippen molar-refractivity contribution in [2.75, 3.05) is 5.32 Å². The summed E-state index contributed by atoms with van der Waals surface area (Å²) in [5.74, 6) is -0.612. The molecule has 0 radical (unpaired) electrons. The Morgan fingerprint density at radius 1 is 0.857 bits per heavy atom. The molecule has 2 aromatic carbocycles. The number of rotatable bonds is 5. The number of aromatic nitrogens is 1. The Morgan fingerprint density at radius 3 is 2.18 bits per heavy atom. The van der Waals surface area contributed by atoms with Gasteiger partial charge in [-0.15, -0.1) is 0 Å². The van der Waals surface area contributed by atoms with Gasteiger partial charge >= 0.3 is 0 Å². The fourth-order valence-corrected chi connectivity index (χ4v) is 2.71. The molecular formula is C22H21N3O3. The topological polar surface area (TPSA) is 80.2 Å². The fourth-order valence-electron chi connectivity index (χ4n) is 2.71. The summed E-state index contributed by atoms with van der Waals surface area (Å²) in [4.78, 5) is 37.1. The molecule has 0 saturated heterocycles. The van der Waals surface area contributed by atoms with Crippen LogP contribution in [0.15, 0.2) is 77.7 Å². The Kier molecular flexibility index (Phi) is 5.69. The van der Waals surface area contributed by atoms with E-state index < -0.39 is 11.5 Å². The van der Waals surface area contributed by atoms with Crippen LogP contribution in [0.3, 0.4) is 0 Å². The summed E-state index contributed by atoms with van der Waals surface area (Å²) in [6, 6.07) is 18.9. The molecule has 3 rings (SSSR count). The largest absolute Gasteiger partial charge is 0.350 e. The number of hydrogen-bond acceptors (Lipinski definition) is 3. The van der Waals surface area contributed by atoms with Crippen molar-refractivity contribution in [3.63, 3.8) is 0 Å². The average molecular weight is 375 g/mol. The number of carbonyl (C=O) groups is 2. The molecule has 0 aliphatic carbocycles. The summed E-state index contributed by atoms with van der Waals surface area (Å²) in [7, 11) is 0. The maximum Gasteiger partial charge on any atom is 0.267 e. The SMILES string of the molecule is CC(C)NC(=O)c1cccn(-c2ccc(NC(=O)c3ccccc3)cc2)c1=O. The van der Waals surface area contributed by atoms with Gasteiger partial charge < -0.3 is 10.6 Å². The van der Waals surface area contributed by atoms with Gasteiger partial charge in [-0.1, -0.05) is 18.2 Å². The number of amides is 2. The Morgan fingerprint density at radius 2 is 1.54 bits per heavy atom. The molecule has 0 fully saturated rings. The van der Waals surface area contributed by atoms with E-state index in [1.54, 1.807) is 60.8 Å². The molecule has 0 unspecified atom stereocenters. The van der Waals surface area contributed by atoms with Crippen LogP contribution >= 0.6 is 0 Å². The van der Waals surface area contributed by atoms with Gasteiger partial charge in [0.25, 0.3) is 17.4 Å². The molecule has 6 nitrogen and oxygen atoms in total. The van der Waals surface area contributed by atoms with E-state index in [1.807, 2.05) is 19.9 Å². The molecule has 0 aliphatic heterocycles. The molecule has 6 heteroatoms. The number of benzene rings is 2. The van der Waals surface area contributed by atoms with Crippen LogP contribution in [0, 0.1) is 0 Å². The van der Waals surface area contributed by atoms with E-state index in [0.29, 0.717) is 16.9 Å². The van der Waals surface area contributed by atoms with E-state index in [9.17, 15) is 14.4 Å². The molecule has 0 atom stereocenters. The van der Waals surface area contributed by atoms with E-state index >= 15 is 0 Å². The summed E-state index contributed by atoms with van der Waals surface area (Å²) in [5, 5.41) is 5.54. The van der Waals surface area contributed by atoms with Gasteiger partial charge in [-0.25, -0.2) is 0 Å². The Balaban J connectivity index is 1.81. The summed E-state index contributed by atoms with van der Waals surface area (Å²) in [6.45, 7) is 3.67. The predicted molar refractivity (Wildman–Crippen MR) is 109 cm³/mol. The van der Waals surface area contributed by atoms with Gasteiger partial charge in [0.05, 0.1) is 0 Å². The third kappa shape index (κ3) is 4.35. The van der Waals surface area contributed by atoms with Gasteiger partial charge in [0, 0.05) is 29.2 Å². The molecule has 0 bridgehead atoms. The molecule has 2 N–H and O–H groups in total. The lowest BCUT2D eigenvalue weighted by Gasteiger charge is -2.11. The summed E-state index contributed by atoms with van der Waals surface area (Å²) in [5.41, 5.74) is 1.45. The summed E-state index contributed by atoms with van der Waals surface area (Å²) in [6.07, 6.45) is 1.60. The fraction of sp³-hybridized carbons (Fsp3) is 0.136. The highest BCUT2D eigenvalue weighted by molar-refractivity contribution is 6.04. The first-order valence-electron chi connectivity index (χ1n) is 8.95. The predicted octanol–water partition coefficient (Wildman–Crippen LogP) is 3.23. The number of carbonyl (C=O) groups excluding carboxylic acids is 2. The zero-order valence-electron chi connectivity index (χ0n) is 15.7. The van der Waals surface area contributed by atoms with Crippen LogP contribution in [-0.2, 0) is 0 Å². The number of hydrogen-bond donors (Lipinski definition) is 2. The summed E-state index contributed by atoms with van der Waals surface area (Å²) >= 11 is 0. The second-order valence-electron chi connectivity index (χ2n) is 6.59. The molecular weight excluding hydrogens is 354 g/mol. The Bertz CT molecular complexity index is 1040. The minimum absolute atomic E-state index is 0.0620. The highest BCUT2D eigenvalue weighted by Crippen LogP contribution is 2.14. The van der Waals surface area contributed by atoms with E-state index in [4.69, 9.17) is 0 Å². The van der Waals surface area contributed by atoms with E-state index in [1.165, 1.54) is 10.6 Å². The number of anilines is 1. The number of nitrogens with one attached hydrogen (secondary N) is 2. The van der Waals surface area contributed by atoms with Crippen molar-refractivity contribution in [2.45, 2.75) is 19.9 Å². The van der Waals surface area contributed by atoms with Crippen LogP contribution in [-0.4, -0.2) is 22.4 Å². The minimum Gasteiger partial charge on any atom is -0.350 e. The van der Waals surface area contributed by atoms with Crippen molar-refractivity contribution < 1.29 is 9.59 Å². The van der Waals surface area contributed by atoms with Gasteiger partial charge in [0.1, 0.15) is 5.56 Å². The van der Waals surface area contributed by atoms with Gasteiger partial charge in [-0.2, -0.15) is 0 Å². The maximum absolute atomic E-state index is 12.7. The van der Waals surface area contributed by atoms with E-state index in [-0.39, 0.29) is 17.5 Å². The molecule has 2 amide bonds. The van der Waals surface area contributed by atoms with Crippen molar-refractivity contribution in [2.24, 2.45) is 0 Å². The van der Waals surface area contributed by atoms with Gasteiger partial charge in [0.15, 0.2) is 0 Å². The lowest BCUT2D eigenvalue weighted by atomic mass is 10.2. The lowest BCUT2D eigenvalue weighted by Crippen LogP contribution is -2.35. The maximum atomic E-state index is 12.7. The van der Waals surface area contributed by atoms with Gasteiger partial charge in [0.2, 0.25) is 0 Å². The van der Waals surface area contributed by atoms with Crippen molar-refractivity contribution >= 4 is 17.5 Å². The van der Waals surface area contributed by atoms with Crippen molar-refractivity contribution in [3.8, 4) is 5.69 Å². The first kappa shape index (κ1) is 19.1. The number of pyridine rings is 1. The second kappa shape index (κ2) is 8.35. The van der Waals surface area contributed by atoms with Crippen LogP contribution < -0.4 is 16.2 Å². The molecule has 0 aliphatic rings. The minimum atomic E-state index is -0.402. The Hall–Kier alpha value is -3.67. The molecule has 28 heavy (non-hydrogen) atoms. The van der Waals surface area contributed by atoms with Crippen LogP contribution in [0.1, 0.15) is 34.6 Å². The number of nitrogens with zero attached hydrogens (tertiary/aromatic N) is 1. The molecule has 3 aromatic rings. The monoisotopic (exact) mass is 375 g/mol. The van der Waals surface area contributed by atoms with E-state index in [0.717, 1.165) is 0 Å². The van der Waals surface area contributed by atoms with Crippen molar-refractivity contribution in [3.05, 3.63) is 94.4 Å². The zero-order chi connectivity index (χ0) is 20.1. The van der Waals surface area contributed by atoms with Crippen LogP contribution in [0.5, 0.6) is 0 Å². The van der Waals surface area contributed by atoms with Crippen LogP contribution in [0.4, 0.5) is 5.69 Å². The Labute approximate surface area is 162 Å². The molecule has 1 aromatic heterocycles. The standard InChI is InChI=1S/C22H21N3O3/c1-15(2)23-21(27)19-9-6-14-25(22(19)28)18-12-10-17(11-13-18)24-20(26)16-7-4-3-5-8-16/h3-15H,1-2H3,(H,23,27)(H,24,26). The van der Waals surface area contributed by atoms with E-state index in [2.05, 4.69) is 10.6 Å². The first-order valence-corrected chi connectivity index (χ1v) is 8.95. The smallest absolute Gasteiger partial charge is 0.267 e. The molecule has 142 valence electrons. The average Bonchev–Trinajstić information content (AvgIpc) is 2.69. The molecule has 0 spiro atoms. The summed E-state index contributed by atoms with van der Waals surface area (Å²) < 4.78 is 1.40. The third-order valence-corrected chi connectivity index (χ3v) is 4.05. The zero-order valence-corrected chi connectivity index (χ0v) is 15.7. The highest BCUT2D eigenvalue weighted by atomic mass is 16.2.